The van der Waals surface area contributed by atoms with E-state index < -0.39 is 15.5 Å². The SMILES string of the molecule is O=C1CC(S(=O)(=O)F)CN1CCc1csc2ccccc12. The standard InChI is InChI=1S/C14H14FNO3S2/c15-21(18,19)11-7-14(17)16(8-11)6-5-10-9-20-13-4-2-1-3-12(10)13/h1-4,9,11H,5-8H2. The molecule has 1 unspecified atom stereocenters. The fraction of sp³-hybridized carbons (Fsp3) is 0.357. The summed E-state index contributed by atoms with van der Waals surface area (Å²) in [6.07, 6.45) is 0.401. The number of carbonyl (C=O) groups is 1. The van der Waals surface area contributed by atoms with Gasteiger partial charge in [-0.2, -0.15) is 8.42 Å². The highest BCUT2D eigenvalue weighted by Gasteiger charge is 2.38. The second kappa shape index (κ2) is 5.38. The lowest BCUT2D eigenvalue weighted by molar-refractivity contribution is -0.127. The predicted molar refractivity (Wildman–Crippen MR) is 80.5 cm³/mol. The Morgan fingerprint density at radius 1 is 1.33 bits per heavy atom. The molecule has 0 N–H and O–H groups in total. The number of hydrogen-bond acceptors (Lipinski definition) is 4. The minimum Gasteiger partial charge on any atom is -0.341 e. The van der Waals surface area contributed by atoms with Crippen LogP contribution in [0.1, 0.15) is 12.0 Å². The van der Waals surface area contributed by atoms with Gasteiger partial charge in [-0.15, -0.1) is 15.2 Å². The number of rotatable bonds is 4. The van der Waals surface area contributed by atoms with Gasteiger partial charge in [-0.05, 0) is 28.8 Å². The molecule has 1 saturated heterocycles. The highest BCUT2D eigenvalue weighted by Crippen LogP contribution is 2.27. The number of hydrogen-bond donors (Lipinski definition) is 0. The van der Waals surface area contributed by atoms with Crippen molar-refractivity contribution in [2.24, 2.45) is 0 Å². The van der Waals surface area contributed by atoms with E-state index in [0.717, 1.165) is 10.9 Å². The molecular formula is C14H14FNO3S2. The largest absolute Gasteiger partial charge is 0.341 e. The third-order valence-corrected chi connectivity index (χ3v) is 5.91. The van der Waals surface area contributed by atoms with Crippen LogP contribution in [-0.4, -0.2) is 37.6 Å². The van der Waals surface area contributed by atoms with E-state index in [4.69, 9.17) is 0 Å². The molecule has 4 nitrogen and oxygen atoms in total. The number of likely N-dealkylation sites (tertiary alicyclic amines) is 1. The van der Waals surface area contributed by atoms with Gasteiger partial charge in [-0.25, -0.2) is 0 Å². The molecule has 0 bridgehead atoms. The fourth-order valence-electron chi connectivity index (χ4n) is 2.62. The van der Waals surface area contributed by atoms with Gasteiger partial charge in [-0.1, -0.05) is 18.2 Å². The molecule has 3 rings (SSSR count). The zero-order chi connectivity index (χ0) is 15.0. The van der Waals surface area contributed by atoms with Gasteiger partial charge in [0.25, 0.3) is 0 Å². The highest BCUT2D eigenvalue weighted by molar-refractivity contribution is 7.87. The second-order valence-electron chi connectivity index (χ2n) is 5.15. The maximum Gasteiger partial charge on any atom is 0.307 e. The molecule has 1 amide bonds. The molecule has 1 aliphatic rings. The van der Waals surface area contributed by atoms with E-state index in [0.29, 0.717) is 13.0 Å². The first kappa shape index (κ1) is 14.5. The van der Waals surface area contributed by atoms with Crippen LogP contribution in [0, 0.1) is 0 Å². The Hall–Kier alpha value is -1.47. The van der Waals surface area contributed by atoms with Gasteiger partial charge in [0.15, 0.2) is 0 Å². The molecular weight excluding hydrogens is 313 g/mol. The van der Waals surface area contributed by atoms with Crippen molar-refractivity contribution in [2.45, 2.75) is 18.1 Å². The molecule has 1 aromatic heterocycles. The van der Waals surface area contributed by atoms with Crippen LogP contribution in [0.15, 0.2) is 29.6 Å². The minimum atomic E-state index is -4.64. The van der Waals surface area contributed by atoms with Crippen LogP contribution in [0.2, 0.25) is 0 Å². The first-order valence-electron chi connectivity index (χ1n) is 6.61. The van der Waals surface area contributed by atoms with Crippen molar-refractivity contribution in [1.29, 1.82) is 0 Å². The summed E-state index contributed by atoms with van der Waals surface area (Å²) in [5.74, 6) is -0.291. The molecule has 0 aliphatic carbocycles. The van der Waals surface area contributed by atoms with Gasteiger partial charge in [0, 0.05) is 24.2 Å². The van der Waals surface area contributed by atoms with Crippen molar-refractivity contribution in [3.8, 4) is 0 Å². The normalized spacial score (nSPS) is 19.6. The van der Waals surface area contributed by atoms with Gasteiger partial charge in [-0.3, -0.25) is 4.79 Å². The van der Waals surface area contributed by atoms with Crippen molar-refractivity contribution in [3.05, 3.63) is 35.2 Å². The number of fused-ring (bicyclic) bond motifs is 1. The van der Waals surface area contributed by atoms with Crippen LogP contribution in [0.4, 0.5) is 3.89 Å². The topological polar surface area (TPSA) is 54.5 Å². The summed E-state index contributed by atoms with van der Waals surface area (Å²) in [5.41, 5.74) is 1.13. The Morgan fingerprint density at radius 3 is 2.81 bits per heavy atom. The van der Waals surface area contributed by atoms with Crippen LogP contribution < -0.4 is 0 Å². The Morgan fingerprint density at radius 2 is 2.10 bits per heavy atom. The van der Waals surface area contributed by atoms with Crippen molar-refractivity contribution in [2.75, 3.05) is 13.1 Å². The molecule has 1 atom stereocenters. The summed E-state index contributed by atoms with van der Waals surface area (Å²) in [7, 11) is -4.64. The number of benzene rings is 1. The van der Waals surface area contributed by atoms with Gasteiger partial charge < -0.3 is 4.90 Å². The predicted octanol–water partition coefficient (Wildman–Crippen LogP) is 2.34. The smallest absolute Gasteiger partial charge is 0.307 e. The first-order valence-corrected chi connectivity index (χ1v) is 8.94. The number of thiophene rings is 1. The van der Waals surface area contributed by atoms with Crippen LogP contribution in [0.3, 0.4) is 0 Å². The van der Waals surface area contributed by atoms with E-state index in [9.17, 15) is 17.1 Å². The maximum absolute atomic E-state index is 13.0. The summed E-state index contributed by atoms with van der Waals surface area (Å²) in [6.45, 7) is 0.380. The highest BCUT2D eigenvalue weighted by atomic mass is 32.3. The van der Waals surface area contributed by atoms with Crippen LogP contribution >= 0.6 is 11.3 Å². The molecule has 1 fully saturated rings. The van der Waals surface area contributed by atoms with E-state index in [1.54, 1.807) is 11.3 Å². The average Bonchev–Trinajstić information content (AvgIpc) is 3.00. The van der Waals surface area contributed by atoms with E-state index in [2.05, 4.69) is 5.38 Å². The maximum atomic E-state index is 13.0. The molecule has 0 radical (unpaired) electrons. The van der Waals surface area contributed by atoms with Crippen LogP contribution in [0.25, 0.3) is 10.1 Å². The molecule has 1 aliphatic heterocycles. The van der Waals surface area contributed by atoms with E-state index >= 15 is 0 Å². The van der Waals surface area contributed by atoms with Crippen molar-refractivity contribution >= 4 is 37.6 Å². The first-order chi connectivity index (χ1) is 9.95. The summed E-state index contributed by atoms with van der Waals surface area (Å²) < 4.78 is 35.9. The Labute approximate surface area is 126 Å². The van der Waals surface area contributed by atoms with Crippen molar-refractivity contribution < 1.29 is 17.1 Å². The lowest BCUT2D eigenvalue weighted by Crippen LogP contribution is -2.29. The summed E-state index contributed by atoms with van der Waals surface area (Å²) >= 11 is 1.64. The molecule has 21 heavy (non-hydrogen) atoms. The monoisotopic (exact) mass is 327 g/mol. The fourth-order valence-corrected chi connectivity index (χ4v) is 4.32. The van der Waals surface area contributed by atoms with Crippen molar-refractivity contribution in [3.63, 3.8) is 0 Å². The van der Waals surface area contributed by atoms with E-state index in [1.807, 2.05) is 24.3 Å². The van der Waals surface area contributed by atoms with Gasteiger partial charge in [0.1, 0.15) is 5.25 Å². The lowest BCUT2D eigenvalue weighted by atomic mass is 10.1. The molecule has 0 saturated carbocycles. The Kier molecular flexibility index (Phi) is 3.71. The quantitative estimate of drug-likeness (QED) is 0.810. The molecule has 0 spiro atoms. The molecule has 2 heterocycles. The average molecular weight is 327 g/mol. The van der Waals surface area contributed by atoms with Crippen molar-refractivity contribution in [1.82, 2.24) is 4.90 Å². The van der Waals surface area contributed by atoms with Gasteiger partial charge >= 0.3 is 10.2 Å². The zero-order valence-electron chi connectivity index (χ0n) is 11.2. The second-order valence-corrected chi connectivity index (χ2v) is 7.68. The third-order valence-electron chi connectivity index (χ3n) is 3.79. The molecule has 7 heteroatoms. The summed E-state index contributed by atoms with van der Waals surface area (Å²) in [6, 6.07) is 8.01. The number of carbonyl (C=O) groups excluding carboxylic acids is 1. The number of nitrogens with zero attached hydrogens (tertiary/aromatic N) is 1. The molecule has 2 aromatic rings. The van der Waals surface area contributed by atoms with Crippen LogP contribution in [-0.2, 0) is 21.4 Å². The summed E-state index contributed by atoms with van der Waals surface area (Å²) in [5, 5.41) is 2.00. The van der Waals surface area contributed by atoms with E-state index in [-0.39, 0.29) is 18.9 Å². The Balaban J connectivity index is 1.70. The molecule has 1 aromatic carbocycles. The van der Waals surface area contributed by atoms with Gasteiger partial charge in [0.05, 0.1) is 0 Å². The Bertz CT molecular complexity index is 784. The molecule has 112 valence electrons. The number of halogens is 1. The minimum absolute atomic E-state index is 0.0419. The van der Waals surface area contributed by atoms with Crippen LogP contribution in [0.5, 0.6) is 0 Å². The summed E-state index contributed by atoms with van der Waals surface area (Å²) in [4.78, 5) is 13.2. The zero-order valence-corrected chi connectivity index (χ0v) is 12.8. The third kappa shape index (κ3) is 2.94. The number of amides is 1. The van der Waals surface area contributed by atoms with Gasteiger partial charge in [0.2, 0.25) is 5.91 Å². The lowest BCUT2D eigenvalue weighted by Gasteiger charge is -2.15. The van der Waals surface area contributed by atoms with E-state index in [1.165, 1.54) is 9.60 Å².